The van der Waals surface area contributed by atoms with Gasteiger partial charge in [-0.25, -0.2) is 9.18 Å². The SMILES string of the molecule is CCOC(=O)c1cn2c(c(F)c1=O)-c1cc(OC)c(OCCCOC)cc1[C@H]1OCC(C)(C)[C@H]12. The number of rotatable bonds is 8. The molecule has 2 aliphatic heterocycles. The number of pyridine rings is 1. The fourth-order valence-corrected chi connectivity index (χ4v) is 4.78. The van der Waals surface area contributed by atoms with Gasteiger partial charge in [-0.3, -0.25) is 4.79 Å². The fraction of sp³-hybridized carbons (Fsp3) is 0.520. The number of aromatic nitrogens is 1. The van der Waals surface area contributed by atoms with Gasteiger partial charge >= 0.3 is 5.97 Å². The van der Waals surface area contributed by atoms with Crippen LogP contribution in [-0.2, 0) is 14.2 Å². The molecule has 1 saturated heterocycles. The number of carbonyl (C=O) groups excluding carboxylic acids is 1. The molecule has 9 heteroatoms. The van der Waals surface area contributed by atoms with Gasteiger partial charge in [0.25, 0.3) is 0 Å². The second-order valence-electron chi connectivity index (χ2n) is 9.11. The highest BCUT2D eigenvalue weighted by Crippen LogP contribution is 2.56. The van der Waals surface area contributed by atoms with E-state index in [2.05, 4.69) is 0 Å². The molecule has 1 aromatic carbocycles. The van der Waals surface area contributed by atoms with Crippen LogP contribution in [0.1, 0.15) is 55.3 Å². The predicted molar refractivity (Wildman–Crippen MR) is 122 cm³/mol. The lowest BCUT2D eigenvalue weighted by molar-refractivity contribution is 0.0521. The molecular weight excluding hydrogens is 445 g/mol. The number of hydrogen-bond acceptors (Lipinski definition) is 7. The van der Waals surface area contributed by atoms with Crippen molar-refractivity contribution in [1.82, 2.24) is 4.57 Å². The molecule has 2 aliphatic rings. The summed E-state index contributed by atoms with van der Waals surface area (Å²) in [6.45, 7) is 7.12. The zero-order chi connectivity index (χ0) is 24.6. The molecule has 0 saturated carbocycles. The van der Waals surface area contributed by atoms with Crippen molar-refractivity contribution in [3.63, 3.8) is 0 Å². The standard InChI is InChI=1S/C25H30FNO7/c1-6-32-24(29)16-12-27-20(19(26)21(16)28)14-10-17(31-5)18(33-9-7-8-30-4)11-15(14)22-23(27)25(2,3)13-34-22/h10-12,22-23H,6-9,13H2,1-5H3/t22-,23+/m1/s1. The Balaban J connectivity index is 1.92. The van der Waals surface area contributed by atoms with E-state index in [1.807, 2.05) is 13.8 Å². The van der Waals surface area contributed by atoms with Crippen molar-refractivity contribution in [3.05, 3.63) is 45.5 Å². The number of halogens is 1. The quantitative estimate of drug-likeness (QED) is 0.423. The first-order chi connectivity index (χ1) is 16.2. The van der Waals surface area contributed by atoms with Gasteiger partial charge in [0.05, 0.1) is 38.7 Å². The van der Waals surface area contributed by atoms with E-state index in [9.17, 15) is 9.59 Å². The average molecular weight is 476 g/mol. The Morgan fingerprint density at radius 1 is 1.24 bits per heavy atom. The van der Waals surface area contributed by atoms with Crippen LogP contribution in [0.3, 0.4) is 0 Å². The van der Waals surface area contributed by atoms with Crippen LogP contribution in [-0.4, -0.2) is 51.2 Å². The molecule has 0 N–H and O–H groups in total. The number of hydrogen-bond donors (Lipinski definition) is 0. The predicted octanol–water partition coefficient (Wildman–Crippen LogP) is 3.91. The third-order valence-electron chi connectivity index (χ3n) is 6.34. The zero-order valence-electron chi connectivity index (χ0n) is 20.1. The van der Waals surface area contributed by atoms with Crippen molar-refractivity contribution in [3.8, 4) is 22.8 Å². The Morgan fingerprint density at radius 3 is 2.68 bits per heavy atom. The zero-order valence-corrected chi connectivity index (χ0v) is 20.1. The van der Waals surface area contributed by atoms with E-state index < -0.39 is 28.7 Å². The minimum absolute atomic E-state index is 0.0789. The number of fused-ring (bicyclic) bond motifs is 6. The molecule has 2 aromatic rings. The molecule has 3 heterocycles. The van der Waals surface area contributed by atoms with Gasteiger partial charge < -0.3 is 28.3 Å². The molecule has 0 bridgehead atoms. The Labute approximate surface area is 197 Å². The van der Waals surface area contributed by atoms with E-state index in [1.54, 1.807) is 30.7 Å². The van der Waals surface area contributed by atoms with Crippen LogP contribution in [0, 0.1) is 11.2 Å². The number of methoxy groups -OCH3 is 2. The van der Waals surface area contributed by atoms with Gasteiger partial charge in [0.2, 0.25) is 5.43 Å². The van der Waals surface area contributed by atoms with Crippen LogP contribution >= 0.6 is 0 Å². The third kappa shape index (κ3) is 3.96. The van der Waals surface area contributed by atoms with Crippen LogP contribution < -0.4 is 14.9 Å². The minimum Gasteiger partial charge on any atom is -0.493 e. The second-order valence-corrected chi connectivity index (χ2v) is 9.11. The Hall–Kier alpha value is -2.91. The first-order valence-electron chi connectivity index (χ1n) is 11.3. The van der Waals surface area contributed by atoms with Crippen molar-refractivity contribution in [2.75, 3.05) is 40.6 Å². The lowest BCUT2D eigenvalue weighted by Crippen LogP contribution is -2.35. The van der Waals surface area contributed by atoms with E-state index in [1.165, 1.54) is 13.3 Å². The van der Waals surface area contributed by atoms with Gasteiger partial charge in [-0.05, 0) is 24.6 Å². The normalized spacial score (nSPS) is 19.7. The number of esters is 1. The molecule has 1 fully saturated rings. The average Bonchev–Trinajstić information content (AvgIpc) is 3.13. The molecule has 0 amide bonds. The lowest BCUT2D eigenvalue weighted by atomic mass is 9.78. The minimum atomic E-state index is -1.01. The highest BCUT2D eigenvalue weighted by Gasteiger charge is 2.50. The van der Waals surface area contributed by atoms with Gasteiger partial charge in [-0.15, -0.1) is 0 Å². The van der Waals surface area contributed by atoms with E-state index in [0.29, 0.717) is 48.9 Å². The molecule has 4 rings (SSSR count). The molecule has 0 spiro atoms. The Bertz CT molecular complexity index is 1160. The van der Waals surface area contributed by atoms with Gasteiger partial charge in [-0.2, -0.15) is 0 Å². The maximum atomic E-state index is 15.7. The van der Waals surface area contributed by atoms with Gasteiger partial charge in [-0.1, -0.05) is 13.8 Å². The van der Waals surface area contributed by atoms with Crippen LogP contribution in [0.2, 0.25) is 0 Å². The summed E-state index contributed by atoms with van der Waals surface area (Å²) in [7, 11) is 3.12. The fourth-order valence-electron chi connectivity index (χ4n) is 4.78. The Kier molecular flexibility index (Phi) is 6.69. The number of carbonyl (C=O) groups is 1. The summed E-state index contributed by atoms with van der Waals surface area (Å²) in [5, 5.41) is 0. The molecule has 0 radical (unpaired) electrons. The van der Waals surface area contributed by atoms with E-state index >= 15 is 4.39 Å². The summed E-state index contributed by atoms with van der Waals surface area (Å²) in [6.07, 6.45) is 1.66. The van der Waals surface area contributed by atoms with Gasteiger partial charge in [0, 0.05) is 37.3 Å². The molecule has 34 heavy (non-hydrogen) atoms. The first-order valence-corrected chi connectivity index (χ1v) is 11.3. The molecule has 0 unspecified atom stereocenters. The van der Waals surface area contributed by atoms with Crippen molar-refractivity contribution >= 4 is 5.97 Å². The summed E-state index contributed by atoms with van der Waals surface area (Å²) >= 11 is 0. The Morgan fingerprint density at radius 2 is 2.00 bits per heavy atom. The maximum Gasteiger partial charge on any atom is 0.343 e. The molecule has 184 valence electrons. The van der Waals surface area contributed by atoms with Gasteiger partial charge in [0.1, 0.15) is 11.7 Å². The summed E-state index contributed by atoms with van der Waals surface area (Å²) in [4.78, 5) is 25.3. The number of benzene rings is 1. The first kappa shape index (κ1) is 24.2. The molecular formula is C25H30FNO7. The number of ether oxygens (including phenoxy) is 5. The van der Waals surface area contributed by atoms with Crippen molar-refractivity contribution in [2.24, 2.45) is 5.41 Å². The third-order valence-corrected chi connectivity index (χ3v) is 6.34. The van der Waals surface area contributed by atoms with Crippen molar-refractivity contribution in [1.29, 1.82) is 0 Å². The van der Waals surface area contributed by atoms with E-state index in [-0.39, 0.29) is 23.9 Å². The summed E-state index contributed by atoms with van der Waals surface area (Å²) in [6, 6.07) is 3.10. The lowest BCUT2D eigenvalue weighted by Gasteiger charge is -2.38. The van der Waals surface area contributed by atoms with Gasteiger partial charge in [0.15, 0.2) is 17.3 Å². The van der Waals surface area contributed by atoms with E-state index in [4.69, 9.17) is 23.7 Å². The summed E-state index contributed by atoms with van der Waals surface area (Å²) in [5.41, 5.74) is -0.463. The molecule has 1 aromatic heterocycles. The van der Waals surface area contributed by atoms with Crippen LogP contribution in [0.15, 0.2) is 23.1 Å². The summed E-state index contributed by atoms with van der Waals surface area (Å²) in [5.74, 6) is -0.953. The maximum absolute atomic E-state index is 15.7. The number of nitrogens with zero attached hydrogens (tertiary/aromatic N) is 1. The van der Waals surface area contributed by atoms with Crippen LogP contribution in [0.5, 0.6) is 11.5 Å². The molecule has 8 nitrogen and oxygen atoms in total. The summed E-state index contributed by atoms with van der Waals surface area (Å²) < 4.78 is 45.1. The highest BCUT2D eigenvalue weighted by atomic mass is 19.1. The smallest absolute Gasteiger partial charge is 0.343 e. The monoisotopic (exact) mass is 475 g/mol. The van der Waals surface area contributed by atoms with Crippen LogP contribution in [0.25, 0.3) is 11.3 Å². The largest absolute Gasteiger partial charge is 0.493 e. The highest BCUT2D eigenvalue weighted by molar-refractivity contribution is 5.89. The topological polar surface area (TPSA) is 85.2 Å². The van der Waals surface area contributed by atoms with Crippen molar-refractivity contribution < 1.29 is 32.9 Å². The molecule has 0 aliphatic carbocycles. The molecule has 2 atom stereocenters. The second kappa shape index (κ2) is 9.38. The van der Waals surface area contributed by atoms with Crippen molar-refractivity contribution in [2.45, 2.75) is 39.3 Å². The van der Waals surface area contributed by atoms with Crippen LogP contribution in [0.4, 0.5) is 4.39 Å². The van der Waals surface area contributed by atoms with E-state index in [0.717, 1.165) is 0 Å².